The fraction of sp³-hybridized carbons (Fsp3) is 0.111. The molecule has 120 valence electrons. The predicted molar refractivity (Wildman–Crippen MR) is 88.0 cm³/mol. The van der Waals surface area contributed by atoms with Gasteiger partial charge in [0, 0.05) is 16.8 Å². The molecule has 0 spiro atoms. The lowest BCUT2D eigenvalue weighted by Gasteiger charge is -2.26. The molecule has 24 heavy (non-hydrogen) atoms. The van der Waals surface area contributed by atoms with Gasteiger partial charge in [-0.05, 0) is 31.2 Å². The van der Waals surface area contributed by atoms with Crippen LogP contribution in [-0.2, 0) is 4.79 Å². The zero-order valence-electron chi connectivity index (χ0n) is 12.8. The number of halogens is 1. The van der Waals surface area contributed by atoms with Crippen LogP contribution in [0.25, 0.3) is 11.0 Å². The normalized spacial score (nSPS) is 18.0. The molecule has 5 nitrogen and oxygen atoms in total. The molecule has 1 aliphatic rings. The number of anilines is 1. The Bertz CT molecular complexity index is 993. The number of amides is 1. The number of hydrogen-bond donors (Lipinski definition) is 2. The summed E-state index contributed by atoms with van der Waals surface area (Å²) in [5.74, 6) is -1.30. The van der Waals surface area contributed by atoms with Gasteiger partial charge < -0.3 is 10.1 Å². The Labute approximate surface area is 137 Å². The number of nitrogens with zero attached hydrogens (tertiary/aromatic N) is 2. The number of H-pyrrole nitrogens is 1. The maximum atomic E-state index is 14.3. The summed E-state index contributed by atoms with van der Waals surface area (Å²) in [5.41, 5.74) is 2.86. The van der Waals surface area contributed by atoms with Crippen molar-refractivity contribution in [1.29, 1.82) is 0 Å². The number of aliphatic hydroxyl groups excluding tert-OH is 1. The Morgan fingerprint density at radius 3 is 2.83 bits per heavy atom. The molecule has 2 aromatic carbocycles. The molecule has 0 bridgehead atoms. The van der Waals surface area contributed by atoms with Crippen LogP contribution in [0.2, 0.25) is 0 Å². The number of imidazole rings is 1. The lowest BCUT2D eigenvalue weighted by molar-refractivity contribution is -0.117. The van der Waals surface area contributed by atoms with Gasteiger partial charge in [0.25, 0.3) is 5.91 Å². The number of carbonyl (C=O) groups excluding carboxylic acids is 1. The Morgan fingerprint density at radius 2 is 2.04 bits per heavy atom. The van der Waals surface area contributed by atoms with Crippen molar-refractivity contribution in [3.63, 3.8) is 0 Å². The summed E-state index contributed by atoms with van der Waals surface area (Å²) in [6.45, 7) is 1.64. The van der Waals surface area contributed by atoms with E-state index in [2.05, 4.69) is 9.97 Å². The van der Waals surface area contributed by atoms with Gasteiger partial charge in [0.05, 0.1) is 23.4 Å². The number of aromatic nitrogens is 2. The Balaban J connectivity index is 1.88. The minimum Gasteiger partial charge on any atom is -0.503 e. The Hall–Kier alpha value is -3.15. The van der Waals surface area contributed by atoms with Gasteiger partial charge in [-0.15, -0.1) is 0 Å². The van der Waals surface area contributed by atoms with Crippen LogP contribution in [0, 0.1) is 5.82 Å². The summed E-state index contributed by atoms with van der Waals surface area (Å²) in [7, 11) is 0. The van der Waals surface area contributed by atoms with E-state index in [9.17, 15) is 14.3 Å². The summed E-state index contributed by atoms with van der Waals surface area (Å²) in [5, 5.41) is 10.1. The summed E-state index contributed by atoms with van der Waals surface area (Å²) >= 11 is 0. The summed E-state index contributed by atoms with van der Waals surface area (Å²) in [4.78, 5) is 21.1. The quantitative estimate of drug-likeness (QED) is 0.757. The van der Waals surface area contributed by atoms with E-state index in [-0.39, 0.29) is 5.76 Å². The molecule has 1 aromatic heterocycles. The molecule has 6 heteroatoms. The number of fused-ring (bicyclic) bond motifs is 1. The fourth-order valence-electron chi connectivity index (χ4n) is 3.13. The third-order valence-corrected chi connectivity index (χ3v) is 4.35. The van der Waals surface area contributed by atoms with Gasteiger partial charge in [-0.25, -0.2) is 9.37 Å². The number of aromatic amines is 1. The highest BCUT2D eigenvalue weighted by molar-refractivity contribution is 6.09. The van der Waals surface area contributed by atoms with Gasteiger partial charge in [0.2, 0.25) is 0 Å². The van der Waals surface area contributed by atoms with Crippen LogP contribution < -0.4 is 4.90 Å². The fourth-order valence-corrected chi connectivity index (χ4v) is 3.13. The van der Waals surface area contributed by atoms with Crippen molar-refractivity contribution in [1.82, 2.24) is 9.97 Å². The van der Waals surface area contributed by atoms with E-state index < -0.39 is 17.8 Å². The van der Waals surface area contributed by atoms with E-state index in [1.807, 2.05) is 0 Å². The molecule has 1 unspecified atom stereocenters. The van der Waals surface area contributed by atoms with Gasteiger partial charge in [0.15, 0.2) is 5.76 Å². The van der Waals surface area contributed by atoms with Crippen molar-refractivity contribution < 1.29 is 14.3 Å². The maximum Gasteiger partial charge on any atom is 0.293 e. The van der Waals surface area contributed by atoms with Crippen molar-refractivity contribution >= 4 is 22.6 Å². The first kappa shape index (κ1) is 14.4. The zero-order chi connectivity index (χ0) is 16.8. The second-order valence-corrected chi connectivity index (χ2v) is 5.73. The molecule has 0 aliphatic carbocycles. The lowest BCUT2D eigenvalue weighted by Crippen LogP contribution is -2.30. The molecular formula is C18H14FN3O2. The predicted octanol–water partition coefficient (Wildman–Crippen LogP) is 3.62. The van der Waals surface area contributed by atoms with Gasteiger partial charge in [-0.1, -0.05) is 18.2 Å². The van der Waals surface area contributed by atoms with Crippen LogP contribution in [0.3, 0.4) is 0 Å². The second kappa shape index (κ2) is 5.19. The molecule has 1 aliphatic heterocycles. The molecular weight excluding hydrogens is 309 g/mol. The second-order valence-electron chi connectivity index (χ2n) is 5.73. The van der Waals surface area contributed by atoms with Crippen LogP contribution in [0.15, 0.2) is 60.1 Å². The zero-order valence-corrected chi connectivity index (χ0v) is 12.8. The molecule has 0 radical (unpaired) electrons. The number of benzene rings is 2. The highest BCUT2D eigenvalue weighted by Gasteiger charge is 2.40. The van der Waals surface area contributed by atoms with Gasteiger partial charge >= 0.3 is 0 Å². The standard InChI is InChI=1S/C18H14FN3O2/c1-10-16(12-4-2-3-5-13(12)19)22(18(24)17(10)23)11-6-7-14-15(8-11)21-9-20-14/h2-9,16,23H,1H3,(H,20,21). The van der Waals surface area contributed by atoms with Gasteiger partial charge in [0.1, 0.15) is 5.82 Å². The van der Waals surface area contributed by atoms with E-state index in [1.54, 1.807) is 49.6 Å². The highest BCUT2D eigenvalue weighted by atomic mass is 19.1. The molecule has 0 saturated carbocycles. The largest absolute Gasteiger partial charge is 0.503 e. The first-order chi connectivity index (χ1) is 11.6. The average Bonchev–Trinajstić information content (AvgIpc) is 3.13. The Kier molecular flexibility index (Phi) is 3.13. The minimum atomic E-state index is -0.681. The van der Waals surface area contributed by atoms with Crippen molar-refractivity contribution in [2.45, 2.75) is 13.0 Å². The number of aliphatic hydroxyl groups is 1. The first-order valence-corrected chi connectivity index (χ1v) is 7.49. The SMILES string of the molecule is CC1=C(O)C(=O)N(c2ccc3nc[nH]c3c2)C1c1ccccc1F. The van der Waals surface area contributed by atoms with Crippen molar-refractivity contribution in [3.8, 4) is 0 Å². The first-order valence-electron chi connectivity index (χ1n) is 7.49. The molecule has 3 aromatic rings. The lowest BCUT2D eigenvalue weighted by atomic mass is 9.99. The van der Waals surface area contributed by atoms with E-state index in [0.29, 0.717) is 16.8 Å². The average molecular weight is 323 g/mol. The number of nitrogens with one attached hydrogen (secondary N) is 1. The third-order valence-electron chi connectivity index (χ3n) is 4.35. The molecule has 2 heterocycles. The van der Waals surface area contributed by atoms with Crippen molar-refractivity contribution in [2.24, 2.45) is 0 Å². The molecule has 1 amide bonds. The summed E-state index contributed by atoms with van der Waals surface area (Å²) in [6.07, 6.45) is 1.57. The number of carbonyl (C=O) groups is 1. The van der Waals surface area contributed by atoms with E-state index in [0.717, 1.165) is 11.0 Å². The number of rotatable bonds is 2. The molecule has 1 atom stereocenters. The summed E-state index contributed by atoms with van der Waals surface area (Å²) < 4.78 is 14.3. The van der Waals surface area contributed by atoms with Crippen LogP contribution in [0.1, 0.15) is 18.5 Å². The molecule has 0 fully saturated rings. The summed E-state index contributed by atoms with van der Waals surface area (Å²) in [6, 6.07) is 10.9. The highest BCUT2D eigenvalue weighted by Crippen LogP contribution is 2.41. The van der Waals surface area contributed by atoms with E-state index in [4.69, 9.17) is 0 Å². The van der Waals surface area contributed by atoms with E-state index in [1.165, 1.54) is 11.0 Å². The van der Waals surface area contributed by atoms with Crippen LogP contribution >= 0.6 is 0 Å². The van der Waals surface area contributed by atoms with Crippen LogP contribution in [-0.4, -0.2) is 21.0 Å². The molecule has 4 rings (SSSR count). The molecule has 0 saturated heterocycles. The van der Waals surface area contributed by atoms with Gasteiger partial charge in [-0.3, -0.25) is 9.69 Å². The number of hydrogen-bond acceptors (Lipinski definition) is 3. The Morgan fingerprint density at radius 1 is 1.25 bits per heavy atom. The van der Waals surface area contributed by atoms with Gasteiger partial charge in [-0.2, -0.15) is 0 Å². The van der Waals surface area contributed by atoms with Crippen molar-refractivity contribution in [3.05, 3.63) is 71.5 Å². The van der Waals surface area contributed by atoms with Crippen LogP contribution in [0.4, 0.5) is 10.1 Å². The third kappa shape index (κ3) is 2.00. The van der Waals surface area contributed by atoms with Crippen molar-refractivity contribution in [2.75, 3.05) is 4.90 Å². The smallest absolute Gasteiger partial charge is 0.293 e. The van der Waals surface area contributed by atoms with E-state index >= 15 is 0 Å². The monoisotopic (exact) mass is 323 g/mol. The topological polar surface area (TPSA) is 69.2 Å². The minimum absolute atomic E-state index is 0.340. The van der Waals surface area contributed by atoms with Crippen LogP contribution in [0.5, 0.6) is 0 Å². The maximum absolute atomic E-state index is 14.3. The molecule has 2 N–H and O–H groups in total.